The number of thiocarbonyl (C=S) groups is 1. The van der Waals surface area contributed by atoms with E-state index >= 15 is 0 Å². The third-order valence-corrected chi connectivity index (χ3v) is 4.76. The van der Waals surface area contributed by atoms with Gasteiger partial charge in [0, 0.05) is 29.0 Å². The lowest BCUT2D eigenvalue weighted by Gasteiger charge is -2.21. The third-order valence-electron chi connectivity index (χ3n) is 4.56. The van der Waals surface area contributed by atoms with Crippen molar-refractivity contribution in [3.63, 3.8) is 0 Å². The zero-order chi connectivity index (χ0) is 21.5. The summed E-state index contributed by atoms with van der Waals surface area (Å²) in [4.78, 5) is 26.8. The monoisotopic (exact) mass is 417 g/mol. The van der Waals surface area contributed by atoms with Crippen LogP contribution in [0.25, 0.3) is 0 Å². The van der Waals surface area contributed by atoms with Crippen LogP contribution in [-0.2, 0) is 0 Å². The van der Waals surface area contributed by atoms with Gasteiger partial charge in [-0.1, -0.05) is 35.9 Å². The average Bonchev–Trinajstić information content (AvgIpc) is 2.76. The molecule has 0 atom stereocenters. The average molecular weight is 418 g/mol. The number of benzene rings is 3. The van der Waals surface area contributed by atoms with Gasteiger partial charge in [0.2, 0.25) is 0 Å². The number of para-hydroxylation sites is 1. The number of nitrogens with one attached hydrogen (secondary N) is 2. The molecule has 152 valence electrons. The molecule has 0 aliphatic heterocycles. The van der Waals surface area contributed by atoms with Crippen molar-refractivity contribution in [3.8, 4) is 0 Å². The van der Waals surface area contributed by atoms with E-state index in [0.717, 1.165) is 11.3 Å². The summed E-state index contributed by atoms with van der Waals surface area (Å²) >= 11 is 5.23. The molecule has 0 heterocycles. The summed E-state index contributed by atoms with van der Waals surface area (Å²) < 4.78 is 0. The van der Waals surface area contributed by atoms with Crippen LogP contribution in [0.1, 0.15) is 33.2 Å². The van der Waals surface area contributed by atoms with Crippen molar-refractivity contribution in [2.24, 2.45) is 0 Å². The van der Waals surface area contributed by atoms with E-state index in [1.807, 2.05) is 56.3 Å². The Morgan fingerprint density at radius 3 is 2.07 bits per heavy atom. The Hall–Kier alpha value is -3.51. The van der Waals surface area contributed by atoms with E-state index in [4.69, 9.17) is 12.2 Å². The van der Waals surface area contributed by atoms with E-state index < -0.39 is 0 Å². The second-order valence-corrected chi connectivity index (χ2v) is 7.14. The lowest BCUT2D eigenvalue weighted by Crippen LogP contribution is -2.34. The van der Waals surface area contributed by atoms with E-state index in [2.05, 4.69) is 10.6 Å². The second-order valence-electron chi connectivity index (χ2n) is 6.74. The molecule has 2 amide bonds. The van der Waals surface area contributed by atoms with Crippen LogP contribution in [0, 0.1) is 6.92 Å². The maximum atomic E-state index is 12.9. The molecule has 0 fully saturated rings. The largest absolute Gasteiger partial charge is 0.332 e. The molecule has 3 rings (SSSR count). The Balaban J connectivity index is 1.62. The highest BCUT2D eigenvalue weighted by Gasteiger charge is 2.16. The standard InChI is InChI=1S/C24H23N3O2S/c1-3-27(21-7-5-4-6-8-21)23(29)19-13-15-20(16-14-19)25-24(30)26-22(28)18-11-9-17(2)10-12-18/h4-16H,3H2,1-2H3,(H2,25,26,28,30). The zero-order valence-electron chi connectivity index (χ0n) is 16.9. The molecule has 0 bridgehead atoms. The molecular formula is C24H23N3O2S. The fourth-order valence-corrected chi connectivity index (χ4v) is 3.16. The van der Waals surface area contributed by atoms with Gasteiger partial charge in [-0.3, -0.25) is 14.9 Å². The Kier molecular flexibility index (Phi) is 6.93. The summed E-state index contributed by atoms with van der Waals surface area (Å²) in [5, 5.41) is 5.82. The molecule has 3 aromatic rings. The molecule has 0 aliphatic rings. The maximum absolute atomic E-state index is 12.9. The number of hydrogen-bond donors (Lipinski definition) is 2. The number of aryl methyl sites for hydroxylation is 1. The molecular weight excluding hydrogens is 394 g/mol. The molecule has 2 N–H and O–H groups in total. The van der Waals surface area contributed by atoms with Crippen LogP contribution in [0.15, 0.2) is 78.9 Å². The molecule has 0 saturated heterocycles. The number of carbonyl (C=O) groups is 2. The van der Waals surface area contributed by atoms with Crippen LogP contribution in [0.2, 0.25) is 0 Å². The molecule has 0 radical (unpaired) electrons. The highest BCUT2D eigenvalue weighted by molar-refractivity contribution is 7.80. The highest BCUT2D eigenvalue weighted by Crippen LogP contribution is 2.18. The zero-order valence-corrected chi connectivity index (χ0v) is 17.7. The first kappa shape index (κ1) is 21.2. The summed E-state index contributed by atoms with van der Waals surface area (Å²) in [6.45, 7) is 4.47. The Labute approximate surface area is 181 Å². The molecule has 0 aliphatic carbocycles. The fraction of sp³-hybridized carbons (Fsp3) is 0.125. The van der Waals surface area contributed by atoms with Gasteiger partial charge in [0.1, 0.15) is 0 Å². The van der Waals surface area contributed by atoms with Crippen molar-refractivity contribution in [1.82, 2.24) is 5.32 Å². The fourth-order valence-electron chi connectivity index (χ4n) is 2.95. The molecule has 30 heavy (non-hydrogen) atoms. The van der Waals surface area contributed by atoms with Crippen molar-refractivity contribution in [2.75, 3.05) is 16.8 Å². The summed E-state index contributed by atoms with van der Waals surface area (Å²) in [7, 11) is 0. The number of anilines is 2. The van der Waals surface area contributed by atoms with Crippen LogP contribution in [0.5, 0.6) is 0 Å². The van der Waals surface area contributed by atoms with Crippen molar-refractivity contribution < 1.29 is 9.59 Å². The third kappa shape index (κ3) is 5.30. The van der Waals surface area contributed by atoms with Gasteiger partial charge >= 0.3 is 0 Å². The first-order chi connectivity index (χ1) is 14.5. The first-order valence-electron chi connectivity index (χ1n) is 9.64. The van der Waals surface area contributed by atoms with E-state index in [1.54, 1.807) is 41.3 Å². The van der Waals surface area contributed by atoms with Crippen molar-refractivity contribution in [3.05, 3.63) is 95.6 Å². The lowest BCUT2D eigenvalue weighted by molar-refractivity contribution is 0.0973. The van der Waals surface area contributed by atoms with Gasteiger partial charge in [-0.25, -0.2) is 0 Å². The summed E-state index contributed by atoms with van der Waals surface area (Å²) in [6, 6.07) is 23.8. The number of rotatable bonds is 5. The summed E-state index contributed by atoms with van der Waals surface area (Å²) in [6.07, 6.45) is 0. The van der Waals surface area contributed by atoms with Crippen LogP contribution >= 0.6 is 12.2 Å². The summed E-state index contributed by atoms with van der Waals surface area (Å²) in [5.74, 6) is -0.355. The number of carbonyl (C=O) groups excluding carboxylic acids is 2. The van der Waals surface area contributed by atoms with E-state index in [-0.39, 0.29) is 16.9 Å². The van der Waals surface area contributed by atoms with Gasteiger partial charge in [-0.2, -0.15) is 0 Å². The minimum Gasteiger partial charge on any atom is -0.332 e. The number of nitrogens with zero attached hydrogens (tertiary/aromatic N) is 1. The predicted octanol–water partition coefficient (Wildman–Crippen LogP) is 4.79. The van der Waals surface area contributed by atoms with Gasteiger partial charge in [-0.15, -0.1) is 0 Å². The smallest absolute Gasteiger partial charge is 0.258 e. The Bertz CT molecular complexity index is 1030. The SMILES string of the molecule is CCN(C(=O)c1ccc(NC(=S)NC(=O)c2ccc(C)cc2)cc1)c1ccccc1. The van der Waals surface area contributed by atoms with Gasteiger partial charge < -0.3 is 10.2 Å². The van der Waals surface area contributed by atoms with Gasteiger partial charge in [0.05, 0.1) is 0 Å². The van der Waals surface area contributed by atoms with Crippen LogP contribution in [0.4, 0.5) is 11.4 Å². The minimum absolute atomic E-state index is 0.0782. The van der Waals surface area contributed by atoms with E-state index in [1.165, 1.54) is 0 Å². The maximum Gasteiger partial charge on any atom is 0.258 e. The minimum atomic E-state index is -0.277. The normalized spacial score (nSPS) is 10.2. The van der Waals surface area contributed by atoms with Crippen molar-refractivity contribution >= 4 is 40.5 Å². The van der Waals surface area contributed by atoms with Crippen molar-refractivity contribution in [1.29, 1.82) is 0 Å². The quantitative estimate of drug-likeness (QED) is 0.586. The summed E-state index contributed by atoms with van der Waals surface area (Å²) in [5.41, 5.74) is 3.72. The number of hydrogen-bond acceptors (Lipinski definition) is 3. The second kappa shape index (κ2) is 9.80. The van der Waals surface area contributed by atoms with Crippen molar-refractivity contribution in [2.45, 2.75) is 13.8 Å². The lowest BCUT2D eigenvalue weighted by atomic mass is 10.1. The predicted molar refractivity (Wildman–Crippen MR) is 125 cm³/mol. The van der Waals surface area contributed by atoms with Crippen LogP contribution in [0.3, 0.4) is 0 Å². The van der Waals surface area contributed by atoms with Crippen LogP contribution < -0.4 is 15.5 Å². The molecule has 0 spiro atoms. The van der Waals surface area contributed by atoms with E-state index in [9.17, 15) is 9.59 Å². The van der Waals surface area contributed by atoms with Crippen LogP contribution in [-0.4, -0.2) is 23.5 Å². The molecule has 3 aromatic carbocycles. The van der Waals surface area contributed by atoms with Gasteiger partial charge in [0.25, 0.3) is 11.8 Å². The molecule has 0 saturated carbocycles. The molecule has 5 nitrogen and oxygen atoms in total. The Morgan fingerprint density at radius 1 is 0.867 bits per heavy atom. The topological polar surface area (TPSA) is 61.4 Å². The van der Waals surface area contributed by atoms with E-state index in [0.29, 0.717) is 23.4 Å². The molecule has 6 heteroatoms. The van der Waals surface area contributed by atoms with Gasteiger partial charge in [-0.05, 0) is 74.6 Å². The first-order valence-corrected chi connectivity index (χ1v) is 10.0. The molecule has 0 aromatic heterocycles. The Morgan fingerprint density at radius 2 is 1.47 bits per heavy atom. The molecule has 0 unspecified atom stereocenters. The van der Waals surface area contributed by atoms with Gasteiger partial charge in [0.15, 0.2) is 5.11 Å². The highest BCUT2D eigenvalue weighted by atomic mass is 32.1. The number of amides is 2.